The zero-order valence-corrected chi connectivity index (χ0v) is 17.2. The van der Waals surface area contributed by atoms with Gasteiger partial charge in [0, 0.05) is 17.4 Å². The fourth-order valence-corrected chi connectivity index (χ4v) is 4.15. The molecular weight excluding hydrogens is 380 g/mol. The Balaban J connectivity index is 1.52. The standard InChI is InChI=1S/C20H22N2O3S2/c1-20(2,15-7-4-5-8-16(15)24-3)21-19(23)13-26-12-14-11-17(25-22-14)18-9-6-10-27-18/h4-11H,12-13H2,1-3H3,(H,21,23). The van der Waals surface area contributed by atoms with Gasteiger partial charge in [0.2, 0.25) is 5.91 Å². The number of para-hydroxylation sites is 1. The number of carbonyl (C=O) groups excluding carboxylic acids is 1. The molecule has 0 aliphatic carbocycles. The van der Waals surface area contributed by atoms with Gasteiger partial charge < -0.3 is 14.6 Å². The van der Waals surface area contributed by atoms with Gasteiger partial charge in [-0.2, -0.15) is 0 Å². The molecule has 0 saturated heterocycles. The Kier molecular flexibility index (Phi) is 6.23. The number of methoxy groups -OCH3 is 1. The van der Waals surface area contributed by atoms with E-state index in [9.17, 15) is 4.79 Å². The van der Waals surface area contributed by atoms with E-state index in [1.54, 1.807) is 18.4 Å². The molecule has 0 aliphatic rings. The van der Waals surface area contributed by atoms with E-state index >= 15 is 0 Å². The molecule has 0 atom stereocenters. The zero-order valence-electron chi connectivity index (χ0n) is 15.5. The van der Waals surface area contributed by atoms with Gasteiger partial charge in [0.15, 0.2) is 5.76 Å². The Morgan fingerprint density at radius 1 is 1.30 bits per heavy atom. The SMILES string of the molecule is COc1ccccc1C(C)(C)NC(=O)CSCc1cc(-c2cccs2)on1. The lowest BCUT2D eigenvalue weighted by atomic mass is 9.93. The maximum Gasteiger partial charge on any atom is 0.230 e. The lowest BCUT2D eigenvalue weighted by molar-refractivity contribution is -0.120. The smallest absolute Gasteiger partial charge is 0.230 e. The molecule has 1 aromatic carbocycles. The third kappa shape index (κ3) is 4.93. The average Bonchev–Trinajstić information content (AvgIpc) is 3.32. The van der Waals surface area contributed by atoms with E-state index in [0.29, 0.717) is 11.5 Å². The van der Waals surface area contributed by atoms with Crippen LogP contribution in [0.4, 0.5) is 0 Å². The summed E-state index contributed by atoms with van der Waals surface area (Å²) in [5.74, 6) is 2.47. The first-order valence-corrected chi connectivity index (χ1v) is 10.5. The minimum atomic E-state index is -0.523. The van der Waals surface area contributed by atoms with Gasteiger partial charge in [-0.15, -0.1) is 23.1 Å². The second-order valence-electron chi connectivity index (χ2n) is 6.53. The molecule has 27 heavy (non-hydrogen) atoms. The van der Waals surface area contributed by atoms with Crippen LogP contribution in [0.25, 0.3) is 10.6 Å². The third-order valence-electron chi connectivity index (χ3n) is 4.04. The lowest BCUT2D eigenvalue weighted by Crippen LogP contribution is -2.42. The molecule has 142 valence electrons. The molecule has 0 bridgehead atoms. The van der Waals surface area contributed by atoms with E-state index in [4.69, 9.17) is 9.26 Å². The highest BCUT2D eigenvalue weighted by Gasteiger charge is 2.26. The second-order valence-corrected chi connectivity index (χ2v) is 8.46. The van der Waals surface area contributed by atoms with Crippen molar-refractivity contribution in [3.05, 3.63) is 59.1 Å². The summed E-state index contributed by atoms with van der Waals surface area (Å²) in [4.78, 5) is 13.4. The van der Waals surface area contributed by atoms with Gasteiger partial charge in [-0.3, -0.25) is 4.79 Å². The number of hydrogen-bond donors (Lipinski definition) is 1. The second kappa shape index (κ2) is 8.63. The Bertz CT molecular complexity index is 888. The number of benzene rings is 1. The van der Waals surface area contributed by atoms with Gasteiger partial charge in [-0.05, 0) is 31.4 Å². The van der Waals surface area contributed by atoms with Crippen LogP contribution in [0.2, 0.25) is 0 Å². The summed E-state index contributed by atoms with van der Waals surface area (Å²) in [6, 6.07) is 13.6. The molecule has 0 saturated carbocycles. The number of hydrogen-bond acceptors (Lipinski definition) is 6. The van der Waals surface area contributed by atoms with Gasteiger partial charge in [-0.25, -0.2) is 0 Å². The third-order valence-corrected chi connectivity index (χ3v) is 5.89. The van der Waals surface area contributed by atoms with Gasteiger partial charge >= 0.3 is 0 Å². The van der Waals surface area contributed by atoms with Gasteiger partial charge in [-0.1, -0.05) is 29.4 Å². The molecule has 2 heterocycles. The monoisotopic (exact) mass is 402 g/mol. The van der Waals surface area contributed by atoms with Crippen LogP contribution < -0.4 is 10.1 Å². The van der Waals surface area contributed by atoms with E-state index in [2.05, 4.69) is 10.5 Å². The summed E-state index contributed by atoms with van der Waals surface area (Å²) in [5, 5.41) is 9.16. The first-order chi connectivity index (χ1) is 13.0. The van der Waals surface area contributed by atoms with Crippen LogP contribution in [0.3, 0.4) is 0 Å². The maximum atomic E-state index is 12.4. The summed E-state index contributed by atoms with van der Waals surface area (Å²) < 4.78 is 10.8. The van der Waals surface area contributed by atoms with Crippen molar-refractivity contribution in [3.8, 4) is 16.4 Å². The summed E-state index contributed by atoms with van der Waals surface area (Å²) in [7, 11) is 1.63. The Hall–Kier alpha value is -2.25. The van der Waals surface area contributed by atoms with Crippen LogP contribution in [-0.2, 0) is 16.1 Å². The average molecular weight is 403 g/mol. The molecule has 5 nitrogen and oxygen atoms in total. The lowest BCUT2D eigenvalue weighted by Gasteiger charge is -2.28. The van der Waals surface area contributed by atoms with Crippen molar-refractivity contribution in [2.45, 2.75) is 25.1 Å². The summed E-state index contributed by atoms with van der Waals surface area (Å²) >= 11 is 3.12. The number of carbonyl (C=O) groups is 1. The minimum Gasteiger partial charge on any atom is -0.496 e. The van der Waals surface area contributed by atoms with E-state index in [0.717, 1.165) is 27.6 Å². The molecule has 7 heteroatoms. The van der Waals surface area contributed by atoms with Crippen molar-refractivity contribution < 1.29 is 14.1 Å². The number of nitrogens with one attached hydrogen (secondary N) is 1. The molecule has 1 N–H and O–H groups in total. The van der Waals surface area contributed by atoms with Crippen LogP contribution in [0.1, 0.15) is 25.1 Å². The zero-order chi connectivity index (χ0) is 19.3. The van der Waals surface area contributed by atoms with Gasteiger partial charge in [0.05, 0.1) is 29.0 Å². The van der Waals surface area contributed by atoms with Crippen LogP contribution in [-0.4, -0.2) is 23.9 Å². The van der Waals surface area contributed by atoms with Gasteiger partial charge in [0.25, 0.3) is 0 Å². The van der Waals surface area contributed by atoms with Crippen LogP contribution >= 0.6 is 23.1 Å². The fourth-order valence-electron chi connectivity index (χ4n) is 2.78. The molecule has 1 amide bonds. The largest absolute Gasteiger partial charge is 0.496 e. The van der Waals surface area contributed by atoms with Crippen LogP contribution in [0, 0.1) is 0 Å². The molecule has 0 fully saturated rings. The summed E-state index contributed by atoms with van der Waals surface area (Å²) in [5.41, 5.74) is 1.26. The molecule has 0 radical (unpaired) electrons. The van der Waals surface area contributed by atoms with Crippen molar-refractivity contribution >= 4 is 29.0 Å². The number of ether oxygens (including phenoxy) is 1. The quantitative estimate of drug-likeness (QED) is 0.592. The minimum absolute atomic E-state index is 0.0297. The van der Waals surface area contributed by atoms with E-state index < -0.39 is 5.54 Å². The first kappa shape index (κ1) is 19.5. The van der Waals surface area contributed by atoms with E-state index in [1.165, 1.54) is 11.8 Å². The fraction of sp³-hybridized carbons (Fsp3) is 0.300. The number of thioether (sulfide) groups is 1. The highest BCUT2D eigenvalue weighted by atomic mass is 32.2. The number of nitrogens with zero attached hydrogens (tertiary/aromatic N) is 1. The topological polar surface area (TPSA) is 64.4 Å². The van der Waals surface area contributed by atoms with Gasteiger partial charge in [0.1, 0.15) is 5.75 Å². The molecule has 0 aliphatic heterocycles. The van der Waals surface area contributed by atoms with Crippen molar-refractivity contribution in [1.29, 1.82) is 0 Å². The van der Waals surface area contributed by atoms with E-state index in [-0.39, 0.29) is 5.91 Å². The molecule has 3 rings (SSSR count). The highest BCUT2D eigenvalue weighted by molar-refractivity contribution is 7.99. The van der Waals surface area contributed by atoms with Crippen LogP contribution in [0.15, 0.2) is 52.4 Å². The predicted octanol–water partition coefficient (Wildman–Crippen LogP) is 4.70. The molecule has 0 unspecified atom stereocenters. The Labute approximate surface area is 167 Å². The number of thiophene rings is 1. The normalized spacial score (nSPS) is 11.4. The maximum absolute atomic E-state index is 12.4. The van der Waals surface area contributed by atoms with E-state index in [1.807, 2.05) is 61.7 Å². The molecule has 2 aromatic heterocycles. The number of rotatable bonds is 8. The molecular formula is C20H22N2O3S2. The van der Waals surface area contributed by atoms with Crippen LogP contribution in [0.5, 0.6) is 5.75 Å². The van der Waals surface area contributed by atoms with Crippen molar-refractivity contribution in [1.82, 2.24) is 10.5 Å². The first-order valence-electron chi connectivity index (χ1n) is 8.51. The molecule has 0 spiro atoms. The summed E-state index contributed by atoms with van der Waals surface area (Å²) in [6.07, 6.45) is 0. The Morgan fingerprint density at radius 2 is 2.11 bits per heavy atom. The number of amides is 1. The van der Waals surface area contributed by atoms with Crippen molar-refractivity contribution in [3.63, 3.8) is 0 Å². The molecule has 3 aromatic rings. The van der Waals surface area contributed by atoms with Crippen molar-refractivity contribution in [2.24, 2.45) is 0 Å². The Morgan fingerprint density at radius 3 is 2.85 bits per heavy atom. The predicted molar refractivity (Wildman–Crippen MR) is 110 cm³/mol. The van der Waals surface area contributed by atoms with Crippen molar-refractivity contribution in [2.75, 3.05) is 12.9 Å². The highest BCUT2D eigenvalue weighted by Crippen LogP contribution is 2.29. The summed E-state index contributed by atoms with van der Waals surface area (Å²) in [6.45, 7) is 3.94. The number of aromatic nitrogens is 1.